The SMILES string of the molecule is Oc1c(F)cc(F)c(Br)c1Br. The van der Waals surface area contributed by atoms with Crippen LogP contribution in [0.2, 0.25) is 0 Å². The number of phenolic OH excluding ortho intramolecular Hbond substituents is 1. The summed E-state index contributed by atoms with van der Waals surface area (Å²) >= 11 is 5.62. The molecule has 0 aliphatic carbocycles. The zero-order valence-corrected chi connectivity index (χ0v) is 8.21. The largest absolute Gasteiger partial charge is 0.504 e. The van der Waals surface area contributed by atoms with Gasteiger partial charge in [0.05, 0.1) is 8.95 Å². The Labute approximate surface area is 78.3 Å². The zero-order valence-electron chi connectivity index (χ0n) is 5.04. The molecule has 5 heteroatoms. The summed E-state index contributed by atoms with van der Waals surface area (Å²) < 4.78 is 25.1. The highest BCUT2D eigenvalue weighted by Crippen LogP contribution is 2.35. The van der Waals surface area contributed by atoms with Crippen LogP contribution < -0.4 is 0 Å². The van der Waals surface area contributed by atoms with E-state index in [0.29, 0.717) is 6.07 Å². The van der Waals surface area contributed by atoms with Crippen LogP contribution in [0, 0.1) is 11.6 Å². The molecule has 1 N–H and O–H groups in total. The van der Waals surface area contributed by atoms with Gasteiger partial charge in [0.1, 0.15) is 5.82 Å². The molecule has 0 bridgehead atoms. The van der Waals surface area contributed by atoms with Crippen molar-refractivity contribution in [2.45, 2.75) is 0 Å². The van der Waals surface area contributed by atoms with E-state index in [-0.39, 0.29) is 8.95 Å². The van der Waals surface area contributed by atoms with Gasteiger partial charge in [0, 0.05) is 6.07 Å². The molecule has 0 aromatic heterocycles. The van der Waals surface area contributed by atoms with Crippen LogP contribution in [0.3, 0.4) is 0 Å². The summed E-state index contributed by atoms with van der Waals surface area (Å²) in [5.74, 6) is -2.34. The molecule has 0 radical (unpaired) electrons. The number of hydrogen-bond donors (Lipinski definition) is 1. The molecule has 0 heterocycles. The highest BCUT2D eigenvalue weighted by Gasteiger charge is 2.13. The fourth-order valence-electron chi connectivity index (χ4n) is 0.557. The summed E-state index contributed by atoms with van der Waals surface area (Å²) in [5.41, 5.74) is 0. The number of aromatic hydroxyl groups is 1. The topological polar surface area (TPSA) is 20.2 Å². The van der Waals surface area contributed by atoms with Gasteiger partial charge < -0.3 is 5.11 Å². The van der Waals surface area contributed by atoms with Gasteiger partial charge in [-0.2, -0.15) is 0 Å². The molecule has 1 rings (SSSR count). The zero-order chi connectivity index (χ0) is 8.59. The van der Waals surface area contributed by atoms with E-state index in [9.17, 15) is 8.78 Å². The molecule has 0 spiro atoms. The van der Waals surface area contributed by atoms with Gasteiger partial charge in [-0.25, -0.2) is 8.78 Å². The number of hydrogen-bond acceptors (Lipinski definition) is 1. The maximum absolute atomic E-state index is 12.6. The van der Waals surface area contributed by atoms with E-state index in [1.807, 2.05) is 0 Å². The lowest BCUT2D eigenvalue weighted by molar-refractivity contribution is 0.423. The van der Waals surface area contributed by atoms with Crippen LogP contribution in [-0.2, 0) is 0 Å². The van der Waals surface area contributed by atoms with E-state index in [1.165, 1.54) is 0 Å². The van der Waals surface area contributed by atoms with E-state index < -0.39 is 17.4 Å². The van der Waals surface area contributed by atoms with Gasteiger partial charge in [-0.05, 0) is 31.9 Å². The van der Waals surface area contributed by atoms with Gasteiger partial charge in [0.25, 0.3) is 0 Å². The molecular weight excluding hydrogens is 286 g/mol. The van der Waals surface area contributed by atoms with Crippen molar-refractivity contribution in [1.82, 2.24) is 0 Å². The molecular formula is C6H2Br2F2O. The Bertz CT molecular complexity index is 275. The van der Waals surface area contributed by atoms with Crippen molar-refractivity contribution < 1.29 is 13.9 Å². The monoisotopic (exact) mass is 286 g/mol. The van der Waals surface area contributed by atoms with Crippen molar-refractivity contribution in [1.29, 1.82) is 0 Å². The molecule has 0 saturated heterocycles. The van der Waals surface area contributed by atoms with Crippen LogP contribution in [0.1, 0.15) is 0 Å². The van der Waals surface area contributed by atoms with Crippen molar-refractivity contribution in [2.24, 2.45) is 0 Å². The fraction of sp³-hybridized carbons (Fsp3) is 0. The van der Waals surface area contributed by atoms with Crippen LogP contribution in [-0.4, -0.2) is 5.11 Å². The second-order valence-electron chi connectivity index (χ2n) is 1.82. The van der Waals surface area contributed by atoms with Crippen LogP contribution >= 0.6 is 31.9 Å². The summed E-state index contributed by atoms with van der Waals surface area (Å²) in [6.07, 6.45) is 0. The summed E-state index contributed by atoms with van der Waals surface area (Å²) in [4.78, 5) is 0. The number of rotatable bonds is 0. The van der Waals surface area contributed by atoms with Crippen LogP contribution in [0.4, 0.5) is 8.78 Å². The fourth-order valence-corrected chi connectivity index (χ4v) is 1.24. The Morgan fingerprint density at radius 2 is 1.64 bits per heavy atom. The first-order valence-electron chi connectivity index (χ1n) is 2.56. The van der Waals surface area contributed by atoms with Crippen LogP contribution in [0.25, 0.3) is 0 Å². The minimum atomic E-state index is -0.988. The lowest BCUT2D eigenvalue weighted by atomic mass is 10.3. The molecule has 0 aliphatic heterocycles. The quantitative estimate of drug-likeness (QED) is 0.574. The molecule has 0 fully saturated rings. The van der Waals surface area contributed by atoms with Gasteiger partial charge in [-0.15, -0.1) is 0 Å². The van der Waals surface area contributed by atoms with Gasteiger partial charge in [-0.3, -0.25) is 0 Å². The summed E-state index contributed by atoms with van der Waals surface area (Å²) in [6.45, 7) is 0. The molecule has 0 unspecified atom stereocenters. The lowest BCUT2D eigenvalue weighted by Gasteiger charge is -2.01. The number of halogens is 4. The minimum Gasteiger partial charge on any atom is -0.504 e. The van der Waals surface area contributed by atoms with Crippen molar-refractivity contribution >= 4 is 31.9 Å². The summed E-state index contributed by atoms with van der Waals surface area (Å²) in [7, 11) is 0. The molecule has 1 nitrogen and oxygen atoms in total. The molecule has 60 valence electrons. The Morgan fingerprint density at radius 3 is 2.18 bits per heavy atom. The highest BCUT2D eigenvalue weighted by molar-refractivity contribution is 9.13. The standard InChI is InChI=1S/C6H2Br2F2O/c7-4-2(9)1-3(10)6(11)5(4)8/h1,11H. The molecule has 1 aromatic rings. The van der Waals surface area contributed by atoms with E-state index in [1.54, 1.807) is 0 Å². The van der Waals surface area contributed by atoms with E-state index in [2.05, 4.69) is 31.9 Å². The van der Waals surface area contributed by atoms with Gasteiger partial charge in [-0.1, -0.05) is 0 Å². The van der Waals surface area contributed by atoms with E-state index >= 15 is 0 Å². The number of benzene rings is 1. The Hall–Kier alpha value is -0.160. The average Bonchev–Trinajstić information content (AvgIpc) is 1.97. The predicted octanol–water partition coefficient (Wildman–Crippen LogP) is 3.20. The maximum atomic E-state index is 12.6. The van der Waals surface area contributed by atoms with Gasteiger partial charge >= 0.3 is 0 Å². The molecule has 11 heavy (non-hydrogen) atoms. The predicted molar refractivity (Wildman–Crippen MR) is 43.4 cm³/mol. The third kappa shape index (κ3) is 1.54. The Kier molecular flexibility index (Phi) is 2.49. The second kappa shape index (κ2) is 3.06. The van der Waals surface area contributed by atoms with Crippen molar-refractivity contribution in [3.05, 3.63) is 26.6 Å². The van der Waals surface area contributed by atoms with Crippen LogP contribution in [0.15, 0.2) is 15.0 Å². The Morgan fingerprint density at radius 1 is 1.09 bits per heavy atom. The van der Waals surface area contributed by atoms with Gasteiger partial charge in [0.15, 0.2) is 11.6 Å². The Balaban J connectivity index is 3.46. The third-order valence-corrected chi connectivity index (χ3v) is 3.17. The normalized spacial score (nSPS) is 10.2. The van der Waals surface area contributed by atoms with Crippen molar-refractivity contribution in [3.63, 3.8) is 0 Å². The molecule has 0 aliphatic rings. The summed E-state index contributed by atoms with van der Waals surface area (Å²) in [5, 5.41) is 8.89. The smallest absolute Gasteiger partial charge is 0.168 e. The maximum Gasteiger partial charge on any atom is 0.168 e. The van der Waals surface area contributed by atoms with Gasteiger partial charge in [0.2, 0.25) is 0 Å². The minimum absolute atomic E-state index is 0.0106. The van der Waals surface area contributed by atoms with E-state index in [4.69, 9.17) is 5.11 Å². The molecule has 0 saturated carbocycles. The molecule has 0 amide bonds. The lowest BCUT2D eigenvalue weighted by Crippen LogP contribution is -1.84. The highest BCUT2D eigenvalue weighted by atomic mass is 79.9. The first-order chi connectivity index (χ1) is 5.04. The average molecular weight is 288 g/mol. The second-order valence-corrected chi connectivity index (χ2v) is 3.40. The first-order valence-corrected chi connectivity index (χ1v) is 4.14. The summed E-state index contributed by atoms with van der Waals surface area (Å²) in [6, 6.07) is 0.601. The number of phenols is 1. The third-order valence-electron chi connectivity index (χ3n) is 1.09. The van der Waals surface area contributed by atoms with Crippen molar-refractivity contribution in [3.8, 4) is 5.75 Å². The van der Waals surface area contributed by atoms with Crippen molar-refractivity contribution in [2.75, 3.05) is 0 Å². The van der Waals surface area contributed by atoms with Crippen LogP contribution in [0.5, 0.6) is 5.75 Å². The molecule has 0 atom stereocenters. The molecule has 1 aromatic carbocycles. The van der Waals surface area contributed by atoms with E-state index in [0.717, 1.165) is 0 Å². The first kappa shape index (κ1) is 8.93.